The van der Waals surface area contributed by atoms with Crippen LogP contribution in [0.1, 0.15) is 16.7 Å². The average Bonchev–Trinajstić information content (AvgIpc) is 3.38. The van der Waals surface area contributed by atoms with Crippen LogP contribution < -0.4 is 10.3 Å². The lowest BCUT2D eigenvalue weighted by Gasteiger charge is -2.25. The van der Waals surface area contributed by atoms with E-state index in [9.17, 15) is 4.79 Å². The second kappa shape index (κ2) is 9.99. The monoisotopic (exact) mass is 571 g/mol. The second-order valence-electron chi connectivity index (χ2n) is 11.5. The van der Waals surface area contributed by atoms with Gasteiger partial charge in [0.2, 0.25) is 5.43 Å². The summed E-state index contributed by atoms with van der Waals surface area (Å²) in [6.45, 7) is 6.34. The Balaban J connectivity index is 1.29. The summed E-state index contributed by atoms with van der Waals surface area (Å²) in [5.74, 6) is 0. The van der Waals surface area contributed by atoms with Gasteiger partial charge in [-0.2, -0.15) is 0 Å². The van der Waals surface area contributed by atoms with Crippen molar-refractivity contribution in [2.45, 2.75) is 20.8 Å². The van der Waals surface area contributed by atoms with Gasteiger partial charge in [0.25, 0.3) is 0 Å². The van der Waals surface area contributed by atoms with Crippen LogP contribution in [0.4, 0.5) is 17.1 Å². The maximum atomic E-state index is 14.0. The zero-order valence-corrected chi connectivity index (χ0v) is 24.7. The fourth-order valence-corrected chi connectivity index (χ4v) is 6.65. The highest BCUT2D eigenvalue weighted by Crippen LogP contribution is 2.39. The predicted molar refractivity (Wildman–Crippen MR) is 182 cm³/mol. The van der Waals surface area contributed by atoms with Gasteiger partial charge in [-0.15, -0.1) is 0 Å². The van der Waals surface area contributed by atoms with Gasteiger partial charge in [-0.25, -0.2) is 0 Å². The summed E-state index contributed by atoms with van der Waals surface area (Å²) in [5, 5.41) is 2.95. The molecule has 0 aliphatic heterocycles. The van der Waals surface area contributed by atoms with E-state index in [2.05, 4.69) is 80.3 Å². The topological polar surface area (TPSA) is 46.6 Å². The van der Waals surface area contributed by atoms with E-state index in [1.807, 2.05) is 66.7 Å². The molecule has 0 N–H and O–H groups in total. The molecule has 0 amide bonds. The number of hydrogen-bond acceptors (Lipinski definition) is 4. The fraction of sp³-hybridized carbons (Fsp3) is 0.0750. The van der Waals surface area contributed by atoms with Crippen molar-refractivity contribution in [2.75, 3.05) is 4.90 Å². The Morgan fingerprint density at radius 3 is 1.75 bits per heavy atom. The van der Waals surface area contributed by atoms with Crippen molar-refractivity contribution in [1.29, 1.82) is 0 Å². The first-order chi connectivity index (χ1) is 21.4. The predicted octanol–water partition coefficient (Wildman–Crippen LogP) is 10.9. The van der Waals surface area contributed by atoms with Crippen molar-refractivity contribution >= 4 is 60.9 Å². The Bertz CT molecular complexity index is 2370. The summed E-state index contributed by atoms with van der Waals surface area (Å²) in [7, 11) is 0. The van der Waals surface area contributed by atoms with Crippen molar-refractivity contribution in [3.05, 3.63) is 148 Å². The lowest BCUT2D eigenvalue weighted by Crippen LogP contribution is -2.09. The maximum Gasteiger partial charge on any atom is 0.200 e. The molecule has 44 heavy (non-hydrogen) atoms. The van der Waals surface area contributed by atoms with Gasteiger partial charge in [0.05, 0.1) is 10.8 Å². The maximum absolute atomic E-state index is 14.0. The molecule has 4 heteroatoms. The quantitative estimate of drug-likeness (QED) is 0.197. The molecule has 0 aliphatic rings. The van der Waals surface area contributed by atoms with E-state index in [0.717, 1.165) is 44.5 Å². The van der Waals surface area contributed by atoms with Crippen LogP contribution in [0, 0.1) is 20.8 Å². The van der Waals surface area contributed by atoms with Crippen LogP contribution in [-0.2, 0) is 0 Å². The van der Waals surface area contributed by atoms with Crippen molar-refractivity contribution in [1.82, 2.24) is 0 Å². The minimum absolute atomic E-state index is 0.0438. The standard InChI is InChI=1S/C40H29NO3/c1-24-18-25(2)39(26(3)19-24)27-14-17-35-33(20-27)40(42)34-22-32-31-16-15-30(21-36(31)44-37(32)23-38(34)43-35)41(28-10-6-4-7-11-28)29-12-8-5-9-13-29/h4-23H,1-3H3. The van der Waals surface area contributed by atoms with Gasteiger partial charge in [0, 0.05) is 40.0 Å². The number of rotatable bonds is 4. The Morgan fingerprint density at radius 2 is 1.07 bits per heavy atom. The molecule has 8 aromatic rings. The van der Waals surface area contributed by atoms with Crippen LogP contribution in [0.2, 0.25) is 0 Å². The van der Waals surface area contributed by atoms with Crippen LogP contribution in [0.25, 0.3) is 55.0 Å². The van der Waals surface area contributed by atoms with Crippen LogP contribution in [0.5, 0.6) is 0 Å². The molecule has 2 heterocycles. The number of fused-ring (bicyclic) bond motifs is 5. The Labute approximate surface area is 254 Å². The Morgan fingerprint density at radius 1 is 0.477 bits per heavy atom. The number of hydrogen-bond donors (Lipinski definition) is 0. The van der Waals surface area contributed by atoms with Crippen molar-refractivity contribution in [2.24, 2.45) is 0 Å². The number of furan rings is 1. The van der Waals surface area contributed by atoms with E-state index in [4.69, 9.17) is 8.83 Å². The summed E-state index contributed by atoms with van der Waals surface area (Å²) in [5.41, 5.74) is 11.3. The van der Waals surface area contributed by atoms with E-state index in [0.29, 0.717) is 27.5 Å². The summed E-state index contributed by atoms with van der Waals surface area (Å²) >= 11 is 0. The molecule has 0 bridgehead atoms. The molecule has 212 valence electrons. The van der Waals surface area contributed by atoms with Crippen molar-refractivity contribution in [3.8, 4) is 11.1 Å². The summed E-state index contributed by atoms with van der Waals surface area (Å²) in [6.07, 6.45) is 0. The highest BCUT2D eigenvalue weighted by atomic mass is 16.3. The molecule has 0 atom stereocenters. The lowest BCUT2D eigenvalue weighted by molar-refractivity contribution is 0.650. The smallest absolute Gasteiger partial charge is 0.200 e. The highest BCUT2D eigenvalue weighted by Gasteiger charge is 2.18. The van der Waals surface area contributed by atoms with Crippen LogP contribution in [0.15, 0.2) is 135 Å². The fourth-order valence-electron chi connectivity index (χ4n) is 6.65. The van der Waals surface area contributed by atoms with Crippen molar-refractivity contribution in [3.63, 3.8) is 0 Å². The minimum atomic E-state index is -0.0438. The van der Waals surface area contributed by atoms with Gasteiger partial charge in [0.1, 0.15) is 22.3 Å². The molecule has 2 aromatic heterocycles. The SMILES string of the molecule is Cc1cc(C)c(-c2ccc3oc4cc5oc6cc(N(c7ccccc7)c7ccccc7)ccc6c5cc4c(=O)c3c2)c(C)c1. The molecule has 0 radical (unpaired) electrons. The number of benzene rings is 6. The number of para-hydroxylation sites is 2. The summed E-state index contributed by atoms with van der Waals surface area (Å²) in [4.78, 5) is 16.2. The highest BCUT2D eigenvalue weighted by molar-refractivity contribution is 6.11. The Kier molecular flexibility index (Phi) is 5.92. The largest absolute Gasteiger partial charge is 0.456 e. The van der Waals surface area contributed by atoms with E-state index in [-0.39, 0.29) is 5.43 Å². The molecule has 6 aromatic carbocycles. The third-order valence-electron chi connectivity index (χ3n) is 8.50. The van der Waals surface area contributed by atoms with Crippen molar-refractivity contribution < 1.29 is 8.83 Å². The average molecular weight is 572 g/mol. The molecular formula is C40H29NO3. The summed E-state index contributed by atoms with van der Waals surface area (Å²) < 4.78 is 12.7. The van der Waals surface area contributed by atoms with Gasteiger partial charge >= 0.3 is 0 Å². The molecule has 0 saturated heterocycles. The number of nitrogens with zero attached hydrogens (tertiary/aromatic N) is 1. The third kappa shape index (κ3) is 4.18. The normalized spacial score (nSPS) is 11.6. The van der Waals surface area contributed by atoms with Gasteiger partial charge in [0.15, 0.2) is 0 Å². The Hall–Kier alpha value is -5.61. The molecule has 0 saturated carbocycles. The lowest BCUT2D eigenvalue weighted by atomic mass is 9.93. The van der Waals surface area contributed by atoms with Gasteiger partial charge in [-0.05, 0) is 97.6 Å². The molecule has 0 unspecified atom stereocenters. The van der Waals surface area contributed by atoms with E-state index < -0.39 is 0 Å². The molecule has 0 fully saturated rings. The van der Waals surface area contributed by atoms with Crippen LogP contribution in [0.3, 0.4) is 0 Å². The minimum Gasteiger partial charge on any atom is -0.456 e. The zero-order chi connectivity index (χ0) is 29.9. The molecule has 0 aliphatic carbocycles. The summed E-state index contributed by atoms with van der Waals surface area (Å²) in [6, 6.07) is 40.8. The van der Waals surface area contributed by atoms with Gasteiger partial charge in [-0.1, -0.05) is 60.2 Å². The molecule has 8 rings (SSSR count). The van der Waals surface area contributed by atoms with E-state index >= 15 is 0 Å². The molecular weight excluding hydrogens is 542 g/mol. The first-order valence-corrected chi connectivity index (χ1v) is 14.8. The number of aryl methyl sites for hydroxylation is 3. The second-order valence-corrected chi connectivity index (χ2v) is 11.5. The van der Waals surface area contributed by atoms with E-state index in [1.165, 1.54) is 16.7 Å². The number of anilines is 3. The molecule has 0 spiro atoms. The van der Waals surface area contributed by atoms with Gasteiger partial charge < -0.3 is 13.7 Å². The van der Waals surface area contributed by atoms with Crippen LogP contribution in [-0.4, -0.2) is 0 Å². The van der Waals surface area contributed by atoms with E-state index in [1.54, 1.807) is 0 Å². The first kappa shape index (κ1) is 26.1. The zero-order valence-electron chi connectivity index (χ0n) is 24.7. The van der Waals surface area contributed by atoms with Crippen LogP contribution >= 0.6 is 0 Å². The molecule has 4 nitrogen and oxygen atoms in total. The third-order valence-corrected chi connectivity index (χ3v) is 8.50. The van der Waals surface area contributed by atoms with Gasteiger partial charge in [-0.3, -0.25) is 4.79 Å². The first-order valence-electron chi connectivity index (χ1n) is 14.8.